The molecule has 0 aliphatic carbocycles. The highest BCUT2D eigenvalue weighted by molar-refractivity contribution is 9.11. The van der Waals surface area contributed by atoms with Crippen molar-refractivity contribution in [2.45, 2.75) is 26.2 Å². The molecule has 1 aliphatic rings. The number of rotatable bonds is 6. The summed E-state index contributed by atoms with van der Waals surface area (Å²) < 4.78 is 1.03. The van der Waals surface area contributed by atoms with Gasteiger partial charge in [-0.2, -0.15) is 4.98 Å². The third-order valence-corrected chi connectivity index (χ3v) is 6.26. The number of anilines is 4. The van der Waals surface area contributed by atoms with Gasteiger partial charge >= 0.3 is 0 Å². The number of carbonyl (C=O) groups is 1. The summed E-state index contributed by atoms with van der Waals surface area (Å²) in [6.07, 6.45) is 2.75. The Bertz CT molecular complexity index is 999. The van der Waals surface area contributed by atoms with Gasteiger partial charge in [0.1, 0.15) is 5.82 Å². The molecule has 6 nitrogen and oxygen atoms in total. The van der Waals surface area contributed by atoms with Crippen LogP contribution in [0.5, 0.6) is 0 Å². The number of amides is 1. The molecule has 1 saturated heterocycles. The minimum absolute atomic E-state index is 0.0262. The molecule has 1 amide bonds. The lowest BCUT2D eigenvalue weighted by molar-refractivity contribution is -0.115. The van der Waals surface area contributed by atoms with Crippen LogP contribution in [-0.2, 0) is 11.2 Å². The average Bonchev–Trinajstić information content (AvgIpc) is 3.35. The maximum absolute atomic E-state index is 12.2. The molecule has 0 spiro atoms. The summed E-state index contributed by atoms with van der Waals surface area (Å²) >= 11 is 4.99. The summed E-state index contributed by atoms with van der Waals surface area (Å²) in [6.45, 7) is 4.01. The van der Waals surface area contributed by atoms with Crippen LogP contribution in [0.4, 0.5) is 23.1 Å². The van der Waals surface area contributed by atoms with Gasteiger partial charge in [0.15, 0.2) is 0 Å². The molecule has 0 unspecified atom stereocenters. The molecule has 2 aromatic heterocycles. The van der Waals surface area contributed by atoms with E-state index in [1.54, 1.807) is 11.3 Å². The van der Waals surface area contributed by atoms with E-state index in [2.05, 4.69) is 41.4 Å². The second-order valence-electron chi connectivity index (χ2n) is 7.02. The second-order valence-corrected chi connectivity index (χ2v) is 9.57. The van der Waals surface area contributed by atoms with E-state index < -0.39 is 0 Å². The van der Waals surface area contributed by atoms with Gasteiger partial charge in [-0.25, -0.2) is 4.98 Å². The van der Waals surface area contributed by atoms with Crippen LogP contribution in [0.15, 0.2) is 46.3 Å². The monoisotopic (exact) mass is 471 g/mol. The Balaban J connectivity index is 1.38. The van der Waals surface area contributed by atoms with Crippen LogP contribution in [0.25, 0.3) is 0 Å². The van der Waals surface area contributed by atoms with Crippen LogP contribution in [-0.4, -0.2) is 29.0 Å². The fraction of sp³-hybridized carbons (Fsp3) is 0.286. The Morgan fingerprint density at radius 1 is 1.10 bits per heavy atom. The number of hydrogen-bond acceptors (Lipinski definition) is 6. The van der Waals surface area contributed by atoms with Crippen LogP contribution in [0.3, 0.4) is 0 Å². The van der Waals surface area contributed by atoms with E-state index in [0.29, 0.717) is 6.42 Å². The number of hydrogen-bond donors (Lipinski definition) is 2. The molecule has 8 heteroatoms. The van der Waals surface area contributed by atoms with Gasteiger partial charge in [-0.15, -0.1) is 11.3 Å². The number of carbonyl (C=O) groups excluding carboxylic acids is 1. The van der Waals surface area contributed by atoms with Crippen molar-refractivity contribution in [3.05, 3.63) is 56.8 Å². The van der Waals surface area contributed by atoms with Gasteiger partial charge in [0.05, 0.1) is 10.2 Å². The summed E-state index contributed by atoms with van der Waals surface area (Å²) in [5.74, 6) is 1.54. The van der Waals surface area contributed by atoms with Crippen molar-refractivity contribution in [2.24, 2.45) is 0 Å². The highest BCUT2D eigenvalue weighted by Gasteiger charge is 2.16. The zero-order chi connectivity index (χ0) is 20.2. The zero-order valence-corrected chi connectivity index (χ0v) is 18.5. The number of thiophene rings is 1. The largest absolute Gasteiger partial charge is 0.341 e. The quantitative estimate of drug-likeness (QED) is 0.520. The van der Waals surface area contributed by atoms with E-state index in [9.17, 15) is 4.79 Å². The van der Waals surface area contributed by atoms with E-state index in [-0.39, 0.29) is 5.91 Å². The molecule has 29 heavy (non-hydrogen) atoms. The third kappa shape index (κ3) is 5.33. The molecule has 2 N–H and O–H groups in total. The molecule has 0 saturated carbocycles. The molecule has 0 atom stereocenters. The molecular weight excluding hydrogens is 450 g/mol. The number of benzene rings is 1. The summed E-state index contributed by atoms with van der Waals surface area (Å²) in [4.78, 5) is 24.7. The van der Waals surface area contributed by atoms with Crippen molar-refractivity contribution < 1.29 is 4.79 Å². The Morgan fingerprint density at radius 2 is 1.83 bits per heavy atom. The van der Waals surface area contributed by atoms with Gasteiger partial charge in [-0.1, -0.05) is 0 Å². The van der Waals surface area contributed by atoms with Crippen molar-refractivity contribution in [3.63, 3.8) is 0 Å². The van der Waals surface area contributed by atoms with Crippen molar-refractivity contribution >= 4 is 56.3 Å². The Kier molecular flexibility index (Phi) is 6.10. The first-order valence-electron chi connectivity index (χ1n) is 9.57. The number of nitrogens with one attached hydrogen (secondary N) is 2. The predicted molar refractivity (Wildman–Crippen MR) is 122 cm³/mol. The molecular formula is C21H22BrN5OS. The first kappa shape index (κ1) is 19.8. The van der Waals surface area contributed by atoms with Crippen molar-refractivity contribution in [3.8, 4) is 0 Å². The maximum Gasteiger partial charge on any atom is 0.229 e. The molecule has 0 radical (unpaired) electrons. The first-order chi connectivity index (χ1) is 14.0. The minimum Gasteiger partial charge on any atom is -0.341 e. The van der Waals surface area contributed by atoms with Crippen LogP contribution < -0.4 is 15.5 Å². The van der Waals surface area contributed by atoms with Crippen molar-refractivity contribution in [1.82, 2.24) is 9.97 Å². The first-order valence-corrected chi connectivity index (χ1v) is 11.2. The number of aryl methyl sites for hydroxylation is 1. The average molecular weight is 472 g/mol. The maximum atomic E-state index is 12.2. The van der Waals surface area contributed by atoms with E-state index in [1.165, 1.54) is 12.8 Å². The van der Waals surface area contributed by atoms with Crippen LogP contribution >= 0.6 is 27.3 Å². The molecule has 1 aliphatic heterocycles. The van der Waals surface area contributed by atoms with Crippen LogP contribution in [0.1, 0.15) is 23.4 Å². The smallest absolute Gasteiger partial charge is 0.229 e. The standard InChI is InChI=1S/C21H22BrN5OS/c1-14-12-19(26-21(23-14)27-10-2-3-11-27)24-15-4-6-16(7-5-15)25-20(28)13-17-8-9-18(22)29-17/h4-9,12H,2-3,10-11,13H2,1H3,(H,25,28)(H,23,24,26). The third-order valence-electron chi connectivity index (χ3n) is 4.64. The van der Waals surface area contributed by atoms with Crippen LogP contribution in [0, 0.1) is 6.92 Å². The summed E-state index contributed by atoms with van der Waals surface area (Å²) in [5.41, 5.74) is 2.62. The molecule has 3 aromatic rings. The van der Waals surface area contributed by atoms with Crippen molar-refractivity contribution in [1.29, 1.82) is 0 Å². The molecule has 150 valence electrons. The predicted octanol–water partition coefficient (Wildman–Crippen LogP) is 5.13. The van der Waals surface area contributed by atoms with Crippen molar-refractivity contribution in [2.75, 3.05) is 28.6 Å². The number of nitrogens with zero attached hydrogens (tertiary/aromatic N) is 3. The van der Waals surface area contributed by atoms with Gasteiger partial charge in [-0.05, 0) is 72.1 Å². The zero-order valence-electron chi connectivity index (χ0n) is 16.1. The second kappa shape index (κ2) is 8.92. The number of halogens is 1. The van der Waals surface area contributed by atoms with Crippen LogP contribution in [0.2, 0.25) is 0 Å². The molecule has 4 rings (SSSR count). The number of aromatic nitrogens is 2. The fourth-order valence-electron chi connectivity index (χ4n) is 3.27. The fourth-order valence-corrected chi connectivity index (χ4v) is 4.75. The van der Waals surface area contributed by atoms with Gasteiger partial charge in [0.2, 0.25) is 11.9 Å². The van der Waals surface area contributed by atoms with E-state index in [0.717, 1.165) is 50.6 Å². The highest BCUT2D eigenvalue weighted by atomic mass is 79.9. The van der Waals surface area contributed by atoms with Gasteiger partial charge in [-0.3, -0.25) is 4.79 Å². The lowest BCUT2D eigenvalue weighted by Gasteiger charge is -2.17. The SMILES string of the molecule is Cc1cc(Nc2ccc(NC(=O)Cc3ccc(Br)s3)cc2)nc(N2CCCC2)n1. The Hall–Kier alpha value is -2.45. The summed E-state index contributed by atoms with van der Waals surface area (Å²) in [7, 11) is 0. The lowest BCUT2D eigenvalue weighted by Crippen LogP contribution is -2.21. The normalized spacial score (nSPS) is 13.5. The van der Waals surface area contributed by atoms with E-state index >= 15 is 0 Å². The molecule has 1 aromatic carbocycles. The highest BCUT2D eigenvalue weighted by Crippen LogP contribution is 2.24. The Labute approximate surface area is 182 Å². The summed E-state index contributed by atoms with van der Waals surface area (Å²) in [5, 5.41) is 6.28. The topological polar surface area (TPSA) is 70.2 Å². The Morgan fingerprint density at radius 3 is 2.52 bits per heavy atom. The molecule has 3 heterocycles. The lowest BCUT2D eigenvalue weighted by atomic mass is 10.2. The minimum atomic E-state index is -0.0262. The van der Waals surface area contributed by atoms with E-state index in [1.807, 2.05) is 49.4 Å². The van der Waals surface area contributed by atoms with E-state index in [4.69, 9.17) is 0 Å². The van der Waals surface area contributed by atoms with Gasteiger partial charge in [0.25, 0.3) is 0 Å². The molecule has 1 fully saturated rings. The molecule has 0 bridgehead atoms. The van der Waals surface area contributed by atoms with Gasteiger partial charge in [0, 0.05) is 41.1 Å². The van der Waals surface area contributed by atoms with Gasteiger partial charge < -0.3 is 15.5 Å². The summed E-state index contributed by atoms with van der Waals surface area (Å²) in [6, 6.07) is 13.5.